The molecule has 0 saturated heterocycles. The van der Waals surface area contributed by atoms with Crippen molar-refractivity contribution in [2.24, 2.45) is 0 Å². The van der Waals surface area contributed by atoms with E-state index in [2.05, 4.69) is 62.3 Å². The lowest BCUT2D eigenvalue weighted by atomic mass is 10.1. The molecule has 0 heterocycles. The van der Waals surface area contributed by atoms with Gasteiger partial charge in [0.1, 0.15) is 0 Å². The first-order valence-corrected chi connectivity index (χ1v) is 7.63. The summed E-state index contributed by atoms with van der Waals surface area (Å²) < 4.78 is 2.07. The smallest absolute Gasteiger partial charge is 0.0493 e. The highest BCUT2D eigenvalue weighted by molar-refractivity contribution is 9.10. The summed E-state index contributed by atoms with van der Waals surface area (Å²) in [5, 5.41) is 3.50. The second kappa shape index (κ2) is 5.97. The summed E-state index contributed by atoms with van der Waals surface area (Å²) in [7, 11) is 0. The fraction of sp³-hybridized carbons (Fsp3) is 0.200. The van der Waals surface area contributed by atoms with Gasteiger partial charge in [-0.15, -0.1) is 0 Å². The van der Waals surface area contributed by atoms with Crippen molar-refractivity contribution in [2.75, 3.05) is 11.1 Å². The lowest BCUT2D eigenvalue weighted by molar-refractivity contribution is 0.882. The maximum absolute atomic E-state index is 5.89. The van der Waals surface area contributed by atoms with Gasteiger partial charge in [-0.1, -0.05) is 28.1 Å². The molecule has 3 N–H and O–H groups in total. The summed E-state index contributed by atoms with van der Waals surface area (Å²) in [6, 6.07) is 12.5. The van der Waals surface area contributed by atoms with Gasteiger partial charge in [0.05, 0.1) is 0 Å². The molecule has 2 aromatic rings. The molecule has 2 nitrogen and oxygen atoms in total. The second-order valence-electron chi connectivity index (χ2n) is 4.61. The summed E-state index contributed by atoms with van der Waals surface area (Å²) in [5.74, 6) is 0. The molecule has 2 aromatic carbocycles. The van der Waals surface area contributed by atoms with Crippen LogP contribution in [0.5, 0.6) is 0 Å². The maximum Gasteiger partial charge on any atom is 0.0493 e. The summed E-state index contributed by atoms with van der Waals surface area (Å²) >= 11 is 7.04. The highest BCUT2D eigenvalue weighted by atomic mass is 79.9. The van der Waals surface area contributed by atoms with E-state index in [1.54, 1.807) is 0 Å². The predicted octanol–water partition coefficient (Wildman–Crippen LogP) is 5.28. The molecule has 0 aromatic heterocycles. The Labute approximate surface area is 130 Å². The molecular formula is C15H16Br2N2. The summed E-state index contributed by atoms with van der Waals surface area (Å²) in [6.45, 7) is 4.15. The van der Waals surface area contributed by atoms with E-state index >= 15 is 0 Å². The van der Waals surface area contributed by atoms with Crippen molar-refractivity contribution in [3.63, 3.8) is 0 Å². The van der Waals surface area contributed by atoms with Crippen molar-refractivity contribution in [2.45, 2.75) is 19.9 Å². The topological polar surface area (TPSA) is 38.0 Å². The molecule has 0 aliphatic carbocycles. The van der Waals surface area contributed by atoms with Gasteiger partial charge < -0.3 is 11.1 Å². The first kappa shape index (κ1) is 14.4. The zero-order valence-electron chi connectivity index (χ0n) is 10.9. The molecule has 0 spiro atoms. The Hall–Kier alpha value is -1.00. The normalized spacial score (nSPS) is 12.2. The van der Waals surface area contributed by atoms with E-state index in [4.69, 9.17) is 5.73 Å². The zero-order valence-corrected chi connectivity index (χ0v) is 14.0. The van der Waals surface area contributed by atoms with Crippen molar-refractivity contribution in [1.82, 2.24) is 0 Å². The Morgan fingerprint density at radius 1 is 1.16 bits per heavy atom. The average molecular weight is 384 g/mol. The van der Waals surface area contributed by atoms with E-state index in [0.717, 1.165) is 25.9 Å². The highest BCUT2D eigenvalue weighted by Crippen LogP contribution is 2.31. The van der Waals surface area contributed by atoms with Crippen LogP contribution in [0.4, 0.5) is 11.4 Å². The number of rotatable bonds is 3. The fourth-order valence-electron chi connectivity index (χ4n) is 1.90. The molecular weight excluding hydrogens is 368 g/mol. The largest absolute Gasteiger partial charge is 0.398 e. The van der Waals surface area contributed by atoms with Crippen molar-refractivity contribution < 1.29 is 0 Å². The highest BCUT2D eigenvalue weighted by Gasteiger charge is 2.09. The van der Waals surface area contributed by atoms with E-state index < -0.39 is 0 Å². The number of hydrogen-bond donors (Lipinski definition) is 2. The van der Waals surface area contributed by atoms with Crippen molar-refractivity contribution >= 4 is 43.2 Å². The van der Waals surface area contributed by atoms with Crippen molar-refractivity contribution in [3.8, 4) is 0 Å². The number of nitrogens with one attached hydrogen (secondary N) is 1. The lowest BCUT2D eigenvalue weighted by Crippen LogP contribution is -2.07. The number of nitrogens with two attached hydrogens (primary N) is 1. The van der Waals surface area contributed by atoms with E-state index in [-0.39, 0.29) is 6.04 Å². The van der Waals surface area contributed by atoms with Crippen LogP contribution < -0.4 is 11.1 Å². The molecule has 0 amide bonds. The van der Waals surface area contributed by atoms with Gasteiger partial charge in [0.25, 0.3) is 0 Å². The molecule has 0 saturated carbocycles. The molecule has 4 heteroatoms. The van der Waals surface area contributed by atoms with E-state index in [1.165, 1.54) is 5.56 Å². The minimum absolute atomic E-state index is 0.219. The Morgan fingerprint density at radius 2 is 1.89 bits per heavy atom. The van der Waals surface area contributed by atoms with E-state index in [1.807, 2.05) is 25.1 Å². The lowest BCUT2D eigenvalue weighted by Gasteiger charge is -2.18. The number of aryl methyl sites for hydroxylation is 1. The monoisotopic (exact) mass is 382 g/mol. The van der Waals surface area contributed by atoms with Crippen LogP contribution in [-0.4, -0.2) is 0 Å². The van der Waals surface area contributed by atoms with Crippen molar-refractivity contribution in [3.05, 3.63) is 56.5 Å². The molecule has 0 fully saturated rings. The quantitative estimate of drug-likeness (QED) is 0.708. The molecule has 100 valence electrons. The summed E-state index contributed by atoms with van der Waals surface area (Å²) in [4.78, 5) is 0. The van der Waals surface area contributed by atoms with Crippen LogP contribution in [0.15, 0.2) is 45.3 Å². The van der Waals surface area contributed by atoms with Crippen LogP contribution in [0, 0.1) is 6.92 Å². The van der Waals surface area contributed by atoms with Crippen LogP contribution in [0.2, 0.25) is 0 Å². The first-order valence-electron chi connectivity index (χ1n) is 6.05. The van der Waals surface area contributed by atoms with Gasteiger partial charge in [0.15, 0.2) is 0 Å². The SMILES string of the molecule is Cc1cc(NC(C)c2cccc(Br)c2)c(Br)cc1N. The van der Waals surface area contributed by atoms with Crippen LogP contribution in [0.3, 0.4) is 0 Å². The van der Waals surface area contributed by atoms with Gasteiger partial charge in [-0.2, -0.15) is 0 Å². The van der Waals surface area contributed by atoms with Crippen LogP contribution >= 0.6 is 31.9 Å². The molecule has 2 rings (SSSR count). The number of nitrogen functional groups attached to an aromatic ring is 1. The Balaban J connectivity index is 2.24. The Bertz CT molecular complexity index is 597. The molecule has 0 aliphatic rings. The predicted molar refractivity (Wildman–Crippen MR) is 89.5 cm³/mol. The molecule has 1 atom stereocenters. The molecule has 0 radical (unpaired) electrons. The fourth-order valence-corrected chi connectivity index (χ4v) is 2.79. The second-order valence-corrected chi connectivity index (χ2v) is 6.38. The first-order chi connectivity index (χ1) is 8.97. The Kier molecular flexibility index (Phi) is 4.53. The van der Waals surface area contributed by atoms with Gasteiger partial charge in [0.2, 0.25) is 0 Å². The van der Waals surface area contributed by atoms with Gasteiger partial charge >= 0.3 is 0 Å². The van der Waals surface area contributed by atoms with E-state index in [9.17, 15) is 0 Å². The number of halogens is 2. The number of anilines is 2. The standard InChI is InChI=1S/C15H16Br2N2/c1-9-6-15(13(17)8-14(9)18)19-10(2)11-4-3-5-12(16)7-11/h3-8,10,19H,18H2,1-2H3. The van der Waals surface area contributed by atoms with E-state index in [0.29, 0.717) is 0 Å². The summed E-state index contributed by atoms with van der Waals surface area (Å²) in [5.41, 5.74) is 10.0. The number of benzene rings is 2. The molecule has 0 aliphatic heterocycles. The average Bonchev–Trinajstić information content (AvgIpc) is 2.36. The van der Waals surface area contributed by atoms with Crippen LogP contribution in [0.25, 0.3) is 0 Å². The third kappa shape index (κ3) is 3.51. The Morgan fingerprint density at radius 3 is 2.58 bits per heavy atom. The minimum Gasteiger partial charge on any atom is -0.398 e. The van der Waals surface area contributed by atoms with Crippen LogP contribution in [-0.2, 0) is 0 Å². The summed E-state index contributed by atoms with van der Waals surface area (Å²) in [6.07, 6.45) is 0. The third-order valence-corrected chi connectivity index (χ3v) is 4.23. The molecule has 0 bridgehead atoms. The van der Waals surface area contributed by atoms with Crippen LogP contribution in [0.1, 0.15) is 24.1 Å². The van der Waals surface area contributed by atoms with Gasteiger partial charge in [-0.05, 0) is 65.2 Å². The minimum atomic E-state index is 0.219. The molecule has 19 heavy (non-hydrogen) atoms. The van der Waals surface area contributed by atoms with Gasteiger partial charge in [-0.3, -0.25) is 0 Å². The van der Waals surface area contributed by atoms with Crippen molar-refractivity contribution in [1.29, 1.82) is 0 Å². The van der Waals surface area contributed by atoms with Gasteiger partial charge in [0, 0.05) is 26.4 Å². The maximum atomic E-state index is 5.89. The van der Waals surface area contributed by atoms with Gasteiger partial charge in [-0.25, -0.2) is 0 Å². The molecule has 1 unspecified atom stereocenters. The third-order valence-electron chi connectivity index (χ3n) is 3.08. The number of hydrogen-bond acceptors (Lipinski definition) is 2. The zero-order chi connectivity index (χ0) is 14.0.